The molecule has 0 bridgehead atoms. The molecule has 3 N–H and O–H groups in total. The average Bonchev–Trinajstić information content (AvgIpc) is 2.90. The van der Waals surface area contributed by atoms with Crippen LogP contribution in [0.5, 0.6) is 0 Å². The molecule has 3 aliphatic rings. The summed E-state index contributed by atoms with van der Waals surface area (Å²) in [5, 5.41) is 31.2. The summed E-state index contributed by atoms with van der Waals surface area (Å²) in [5.74, 6) is 0.859. The third kappa shape index (κ3) is 4.20. The molecule has 0 unspecified atom stereocenters. The lowest BCUT2D eigenvalue weighted by atomic mass is 9.43. The van der Waals surface area contributed by atoms with Crippen LogP contribution >= 0.6 is 0 Å². The minimum atomic E-state index is -0.692. The van der Waals surface area contributed by atoms with E-state index in [2.05, 4.69) is 34.6 Å². The molecule has 0 aromatic carbocycles. The molecule has 0 amide bonds. The summed E-state index contributed by atoms with van der Waals surface area (Å²) in [5.41, 5.74) is 0.353. The van der Waals surface area contributed by atoms with E-state index in [1.165, 1.54) is 6.42 Å². The second-order valence-corrected chi connectivity index (χ2v) is 12.2. The van der Waals surface area contributed by atoms with Crippen molar-refractivity contribution in [3.8, 4) is 0 Å². The van der Waals surface area contributed by atoms with Gasteiger partial charge in [-0.1, -0.05) is 41.0 Å². The summed E-state index contributed by atoms with van der Waals surface area (Å²) >= 11 is 0. The van der Waals surface area contributed by atoms with Gasteiger partial charge in [0.05, 0.1) is 12.2 Å². The third-order valence-electron chi connectivity index (χ3n) is 10.2. The second-order valence-electron chi connectivity index (χ2n) is 12.2. The number of fused-ring (bicyclic) bond motifs is 3. The van der Waals surface area contributed by atoms with Gasteiger partial charge in [-0.3, -0.25) is 4.79 Å². The van der Waals surface area contributed by atoms with Gasteiger partial charge in [0.25, 0.3) is 0 Å². The van der Waals surface area contributed by atoms with Gasteiger partial charge in [-0.2, -0.15) is 0 Å². The number of carboxylic acid groups (broad SMARTS) is 1. The van der Waals surface area contributed by atoms with E-state index in [1.807, 2.05) is 0 Å². The zero-order valence-electron chi connectivity index (χ0n) is 20.0. The van der Waals surface area contributed by atoms with Crippen LogP contribution in [0, 0.1) is 39.9 Å². The van der Waals surface area contributed by atoms with Crippen LogP contribution in [-0.2, 0) is 4.79 Å². The Bertz CT molecular complexity index is 620. The van der Waals surface area contributed by atoms with Crippen molar-refractivity contribution in [1.82, 2.24) is 0 Å². The maximum Gasteiger partial charge on any atom is 0.303 e. The predicted molar refractivity (Wildman–Crippen MR) is 120 cm³/mol. The van der Waals surface area contributed by atoms with Crippen LogP contribution in [0.3, 0.4) is 0 Å². The van der Waals surface area contributed by atoms with Gasteiger partial charge in [0.1, 0.15) is 0 Å². The van der Waals surface area contributed by atoms with E-state index in [4.69, 9.17) is 0 Å². The number of carboxylic acids is 1. The Morgan fingerprint density at radius 1 is 1.00 bits per heavy atom. The fourth-order valence-corrected chi connectivity index (χ4v) is 8.54. The van der Waals surface area contributed by atoms with E-state index >= 15 is 0 Å². The van der Waals surface area contributed by atoms with E-state index in [-0.39, 0.29) is 40.8 Å². The first-order chi connectivity index (χ1) is 13.9. The minimum absolute atomic E-state index is 0.0824. The first kappa shape index (κ1) is 24.0. The first-order valence-electron chi connectivity index (χ1n) is 12.5. The number of hydrogen-bond acceptors (Lipinski definition) is 3. The molecule has 30 heavy (non-hydrogen) atoms. The monoisotopic (exact) mass is 422 g/mol. The summed E-state index contributed by atoms with van der Waals surface area (Å²) in [6, 6.07) is 0. The van der Waals surface area contributed by atoms with Crippen LogP contribution in [-0.4, -0.2) is 33.5 Å². The van der Waals surface area contributed by atoms with Gasteiger partial charge < -0.3 is 15.3 Å². The zero-order valence-corrected chi connectivity index (χ0v) is 20.0. The Kier molecular flexibility index (Phi) is 7.00. The Hall–Kier alpha value is -0.610. The zero-order chi connectivity index (χ0) is 22.3. The molecular formula is C26H46O4. The highest BCUT2D eigenvalue weighted by molar-refractivity contribution is 5.66. The number of carbonyl (C=O) groups is 1. The van der Waals surface area contributed by atoms with Crippen molar-refractivity contribution >= 4 is 5.97 Å². The van der Waals surface area contributed by atoms with Crippen LogP contribution < -0.4 is 0 Å². The van der Waals surface area contributed by atoms with Gasteiger partial charge in [-0.15, -0.1) is 0 Å². The van der Waals surface area contributed by atoms with Gasteiger partial charge in [-0.25, -0.2) is 0 Å². The number of rotatable bonds is 4. The molecule has 0 saturated heterocycles. The molecule has 3 aliphatic carbocycles. The molecule has 0 heterocycles. The van der Waals surface area contributed by atoms with E-state index in [0.29, 0.717) is 17.8 Å². The molecule has 4 nitrogen and oxygen atoms in total. The maximum atomic E-state index is 11.6. The van der Waals surface area contributed by atoms with Crippen molar-refractivity contribution in [2.75, 3.05) is 0 Å². The molecule has 3 saturated carbocycles. The Morgan fingerprint density at radius 3 is 2.37 bits per heavy atom. The van der Waals surface area contributed by atoms with Crippen LogP contribution in [0.1, 0.15) is 105 Å². The highest BCUT2D eigenvalue weighted by atomic mass is 16.4. The Balaban J connectivity index is 1.91. The molecular weight excluding hydrogens is 376 g/mol. The summed E-state index contributed by atoms with van der Waals surface area (Å²) in [6.07, 6.45) is 9.63. The predicted octanol–water partition coefficient (Wildman–Crippen LogP) is 5.65. The molecule has 9 atom stereocenters. The first-order valence-corrected chi connectivity index (χ1v) is 12.5. The molecule has 4 heteroatoms. The summed E-state index contributed by atoms with van der Waals surface area (Å²) < 4.78 is 0. The van der Waals surface area contributed by atoms with Crippen molar-refractivity contribution in [3.05, 3.63) is 0 Å². The van der Waals surface area contributed by atoms with Gasteiger partial charge in [0.15, 0.2) is 0 Å². The number of aliphatic hydroxyl groups is 2. The van der Waals surface area contributed by atoms with Crippen molar-refractivity contribution in [1.29, 1.82) is 0 Å². The van der Waals surface area contributed by atoms with Gasteiger partial charge in [-0.05, 0) is 97.7 Å². The molecule has 0 aromatic heterocycles. The summed E-state index contributed by atoms with van der Waals surface area (Å²) in [6.45, 7) is 11.8. The normalized spacial score (nSPS) is 48.4. The summed E-state index contributed by atoms with van der Waals surface area (Å²) in [7, 11) is 0. The smallest absolute Gasteiger partial charge is 0.303 e. The topological polar surface area (TPSA) is 77.8 Å². The van der Waals surface area contributed by atoms with Crippen LogP contribution in [0.2, 0.25) is 0 Å². The average molecular weight is 423 g/mol. The largest absolute Gasteiger partial charge is 0.481 e. The van der Waals surface area contributed by atoms with Gasteiger partial charge in [0.2, 0.25) is 0 Å². The van der Waals surface area contributed by atoms with Gasteiger partial charge >= 0.3 is 5.97 Å². The van der Waals surface area contributed by atoms with Crippen molar-refractivity contribution in [3.63, 3.8) is 0 Å². The van der Waals surface area contributed by atoms with E-state index in [0.717, 1.165) is 57.8 Å². The Labute approximate surface area is 183 Å². The molecule has 0 aliphatic heterocycles. The SMILES string of the molecule is C[C@H]1C[C@H](O)CCC[C@@]2(C)CC[C@]3(C)[C@@H]([C@H](C)CCC(=O)O)CC[C@@]3(C)[C@@H]2[C@H](O)C1. The quantitative estimate of drug-likeness (QED) is 0.547. The fourth-order valence-electron chi connectivity index (χ4n) is 8.54. The molecule has 0 spiro atoms. The standard InChI is InChI=1S/C26H46O4/c1-17-15-19(27)7-6-11-24(3)13-14-25(4)20(18(2)8-9-22(29)30)10-12-26(25,5)23(24)21(28)16-17/h17-21,23,27-28H,6-16H2,1-5H3,(H,29,30)/t17-,18+,19+,20+,21+,23+,24-,25+,26-/m0/s1. The fraction of sp³-hybridized carbons (Fsp3) is 0.962. The molecule has 174 valence electrons. The van der Waals surface area contributed by atoms with E-state index in [1.54, 1.807) is 0 Å². The molecule has 3 rings (SSSR count). The lowest BCUT2D eigenvalue weighted by molar-refractivity contribution is -0.166. The second kappa shape index (κ2) is 8.73. The van der Waals surface area contributed by atoms with Gasteiger partial charge in [0, 0.05) is 6.42 Å². The highest BCUT2D eigenvalue weighted by Gasteiger charge is 2.65. The Morgan fingerprint density at radius 2 is 1.70 bits per heavy atom. The molecule has 0 radical (unpaired) electrons. The number of aliphatic carboxylic acids is 1. The van der Waals surface area contributed by atoms with Crippen LogP contribution in [0.15, 0.2) is 0 Å². The molecule has 0 aromatic rings. The minimum Gasteiger partial charge on any atom is -0.481 e. The van der Waals surface area contributed by atoms with Crippen LogP contribution in [0.4, 0.5) is 0 Å². The highest BCUT2D eigenvalue weighted by Crippen LogP contribution is 2.72. The lowest BCUT2D eigenvalue weighted by Crippen LogP contribution is -2.58. The number of aliphatic hydroxyl groups excluding tert-OH is 2. The third-order valence-corrected chi connectivity index (χ3v) is 10.2. The lowest BCUT2D eigenvalue weighted by Gasteiger charge is -2.62. The van der Waals surface area contributed by atoms with Crippen molar-refractivity contribution in [2.45, 2.75) is 117 Å². The van der Waals surface area contributed by atoms with Crippen LogP contribution in [0.25, 0.3) is 0 Å². The van der Waals surface area contributed by atoms with Crippen molar-refractivity contribution in [2.24, 2.45) is 39.9 Å². The van der Waals surface area contributed by atoms with Crippen molar-refractivity contribution < 1.29 is 20.1 Å². The number of hydrogen-bond donors (Lipinski definition) is 3. The molecule has 3 fully saturated rings. The van der Waals surface area contributed by atoms with E-state index < -0.39 is 5.97 Å². The maximum absolute atomic E-state index is 11.6. The van der Waals surface area contributed by atoms with E-state index in [9.17, 15) is 20.1 Å². The summed E-state index contributed by atoms with van der Waals surface area (Å²) in [4.78, 5) is 11.2.